The first-order valence-electron chi connectivity index (χ1n) is 7.86. The van der Waals surface area contributed by atoms with Crippen molar-refractivity contribution in [3.63, 3.8) is 0 Å². The lowest BCUT2D eigenvalue weighted by Gasteiger charge is -2.55. The van der Waals surface area contributed by atoms with Crippen molar-refractivity contribution in [3.8, 4) is 0 Å². The van der Waals surface area contributed by atoms with E-state index in [0.717, 1.165) is 47.6 Å². The van der Waals surface area contributed by atoms with E-state index in [0.29, 0.717) is 0 Å². The number of nitrogens with zero attached hydrogens (tertiary/aromatic N) is 1. The Balaban J connectivity index is 1.48. The number of rotatable bonds is 3. The molecule has 0 amide bonds. The summed E-state index contributed by atoms with van der Waals surface area (Å²) in [5, 5.41) is 0. The van der Waals surface area contributed by atoms with Crippen molar-refractivity contribution in [1.29, 1.82) is 0 Å². The molecular weight excluding hydrogens is 236 g/mol. The van der Waals surface area contributed by atoms with E-state index in [1.807, 2.05) is 6.92 Å². The van der Waals surface area contributed by atoms with Crippen LogP contribution in [0.5, 0.6) is 0 Å². The van der Waals surface area contributed by atoms with Crippen molar-refractivity contribution in [3.05, 3.63) is 17.8 Å². The lowest BCUT2D eigenvalue weighted by Crippen LogP contribution is -2.45. The standard InChI is InChI=1S/C16H24N2O/c1-9-8-19-16(18-9)15(17)7-14-12-3-10-2-11(5-12)6-13(14)4-10/h8,10-15H,2-7,17H2,1H3. The van der Waals surface area contributed by atoms with Crippen LogP contribution in [0.15, 0.2) is 10.7 Å². The summed E-state index contributed by atoms with van der Waals surface area (Å²) in [7, 11) is 0. The van der Waals surface area contributed by atoms with Crippen molar-refractivity contribution in [2.24, 2.45) is 35.3 Å². The Morgan fingerprint density at radius 1 is 1.21 bits per heavy atom. The molecule has 1 unspecified atom stereocenters. The molecule has 0 aromatic carbocycles. The molecule has 3 nitrogen and oxygen atoms in total. The Kier molecular flexibility index (Phi) is 2.73. The summed E-state index contributed by atoms with van der Waals surface area (Å²) in [5.41, 5.74) is 7.27. The van der Waals surface area contributed by atoms with Crippen LogP contribution in [0.3, 0.4) is 0 Å². The first kappa shape index (κ1) is 12.0. The number of nitrogens with two attached hydrogens (primary N) is 1. The highest BCUT2D eigenvalue weighted by atomic mass is 16.3. The summed E-state index contributed by atoms with van der Waals surface area (Å²) in [5.74, 6) is 5.54. The normalized spacial score (nSPS) is 41.7. The van der Waals surface area contributed by atoms with Gasteiger partial charge in [-0.2, -0.15) is 0 Å². The minimum absolute atomic E-state index is 0.00349. The molecule has 1 aromatic heterocycles. The smallest absolute Gasteiger partial charge is 0.211 e. The Labute approximate surface area is 115 Å². The summed E-state index contributed by atoms with van der Waals surface area (Å²) in [6.07, 6.45) is 10.2. The van der Waals surface area contributed by atoms with E-state index in [2.05, 4.69) is 4.98 Å². The van der Waals surface area contributed by atoms with Gasteiger partial charge in [-0.1, -0.05) is 0 Å². The Hall–Kier alpha value is -0.830. The van der Waals surface area contributed by atoms with Crippen molar-refractivity contribution >= 4 is 0 Å². The summed E-state index contributed by atoms with van der Waals surface area (Å²) in [6, 6.07) is -0.00349. The van der Waals surface area contributed by atoms with Crippen molar-refractivity contribution < 1.29 is 4.42 Å². The summed E-state index contributed by atoms with van der Waals surface area (Å²) in [4.78, 5) is 4.40. The second kappa shape index (κ2) is 4.34. The fourth-order valence-corrected chi connectivity index (χ4v) is 5.36. The number of hydrogen-bond donors (Lipinski definition) is 1. The molecule has 3 heteroatoms. The van der Waals surface area contributed by atoms with Gasteiger partial charge in [-0.05, 0) is 75.0 Å². The van der Waals surface area contributed by atoms with Gasteiger partial charge < -0.3 is 10.2 Å². The molecule has 104 valence electrons. The molecule has 4 bridgehead atoms. The van der Waals surface area contributed by atoms with Crippen LogP contribution in [0, 0.1) is 36.5 Å². The monoisotopic (exact) mass is 260 g/mol. The fraction of sp³-hybridized carbons (Fsp3) is 0.812. The van der Waals surface area contributed by atoms with Crippen LogP contribution in [-0.4, -0.2) is 4.98 Å². The average Bonchev–Trinajstić information content (AvgIpc) is 2.79. The van der Waals surface area contributed by atoms with E-state index in [-0.39, 0.29) is 6.04 Å². The number of oxazole rings is 1. The van der Waals surface area contributed by atoms with Crippen molar-refractivity contribution in [2.45, 2.75) is 51.5 Å². The van der Waals surface area contributed by atoms with Crippen LogP contribution in [0.1, 0.15) is 56.2 Å². The van der Waals surface area contributed by atoms with Crippen LogP contribution in [0.4, 0.5) is 0 Å². The molecule has 2 N–H and O–H groups in total. The Bertz CT molecular complexity index is 439. The second-order valence-corrected chi connectivity index (χ2v) is 7.26. The second-order valence-electron chi connectivity index (χ2n) is 7.26. The molecule has 1 heterocycles. The fourth-order valence-electron chi connectivity index (χ4n) is 5.36. The SMILES string of the molecule is Cc1coc(C(N)CC2C3CC4CC(C3)CC2C4)n1. The van der Waals surface area contributed by atoms with E-state index in [1.54, 1.807) is 6.26 Å². The topological polar surface area (TPSA) is 52.0 Å². The van der Waals surface area contributed by atoms with Crippen LogP contribution in [0.2, 0.25) is 0 Å². The lowest BCUT2D eigenvalue weighted by atomic mass is 9.51. The molecule has 4 aliphatic rings. The van der Waals surface area contributed by atoms with Crippen LogP contribution in [-0.2, 0) is 0 Å². The van der Waals surface area contributed by atoms with E-state index in [9.17, 15) is 0 Å². The zero-order chi connectivity index (χ0) is 13.0. The molecule has 1 aromatic rings. The van der Waals surface area contributed by atoms with Crippen molar-refractivity contribution in [1.82, 2.24) is 4.98 Å². The van der Waals surface area contributed by atoms with E-state index < -0.39 is 0 Å². The number of hydrogen-bond acceptors (Lipinski definition) is 3. The molecule has 0 saturated heterocycles. The molecule has 0 spiro atoms. The minimum Gasteiger partial charge on any atom is -0.447 e. The van der Waals surface area contributed by atoms with Gasteiger partial charge in [0.05, 0.1) is 11.7 Å². The molecule has 4 saturated carbocycles. The molecular formula is C16H24N2O. The van der Waals surface area contributed by atoms with Gasteiger partial charge in [-0.25, -0.2) is 4.98 Å². The molecule has 0 radical (unpaired) electrons. The quantitative estimate of drug-likeness (QED) is 0.905. The molecule has 19 heavy (non-hydrogen) atoms. The number of aryl methyl sites for hydroxylation is 1. The molecule has 0 aliphatic heterocycles. The van der Waals surface area contributed by atoms with E-state index >= 15 is 0 Å². The predicted octanol–water partition coefficient (Wildman–Crippen LogP) is 3.45. The number of aromatic nitrogens is 1. The van der Waals surface area contributed by atoms with Crippen LogP contribution < -0.4 is 5.73 Å². The Morgan fingerprint density at radius 3 is 2.37 bits per heavy atom. The summed E-state index contributed by atoms with van der Waals surface area (Å²) in [6.45, 7) is 1.96. The maximum absolute atomic E-state index is 6.33. The molecule has 4 fully saturated rings. The lowest BCUT2D eigenvalue weighted by molar-refractivity contribution is -0.0428. The van der Waals surface area contributed by atoms with Crippen LogP contribution >= 0.6 is 0 Å². The highest BCUT2D eigenvalue weighted by Gasteiger charge is 2.48. The largest absolute Gasteiger partial charge is 0.447 e. The molecule has 1 atom stereocenters. The highest BCUT2D eigenvalue weighted by molar-refractivity contribution is 5.02. The average molecular weight is 260 g/mol. The first-order valence-corrected chi connectivity index (χ1v) is 7.86. The summed E-state index contributed by atoms with van der Waals surface area (Å²) >= 11 is 0. The zero-order valence-electron chi connectivity index (χ0n) is 11.7. The predicted molar refractivity (Wildman–Crippen MR) is 73.3 cm³/mol. The zero-order valence-corrected chi connectivity index (χ0v) is 11.7. The molecule has 5 rings (SSSR count). The van der Waals surface area contributed by atoms with Gasteiger partial charge in [0.15, 0.2) is 0 Å². The van der Waals surface area contributed by atoms with Gasteiger partial charge in [0.2, 0.25) is 5.89 Å². The van der Waals surface area contributed by atoms with E-state index in [4.69, 9.17) is 10.2 Å². The maximum Gasteiger partial charge on any atom is 0.211 e. The third-order valence-corrected chi connectivity index (χ3v) is 5.90. The first-order chi connectivity index (χ1) is 9.19. The summed E-state index contributed by atoms with van der Waals surface area (Å²) < 4.78 is 5.48. The van der Waals surface area contributed by atoms with E-state index in [1.165, 1.54) is 32.1 Å². The van der Waals surface area contributed by atoms with Gasteiger partial charge in [0, 0.05) is 0 Å². The van der Waals surface area contributed by atoms with Gasteiger partial charge in [-0.3, -0.25) is 0 Å². The third-order valence-electron chi connectivity index (χ3n) is 5.90. The van der Waals surface area contributed by atoms with Crippen molar-refractivity contribution in [2.75, 3.05) is 0 Å². The minimum atomic E-state index is -0.00349. The highest BCUT2D eigenvalue weighted by Crippen LogP contribution is 2.58. The van der Waals surface area contributed by atoms with Gasteiger partial charge in [0.1, 0.15) is 6.26 Å². The van der Waals surface area contributed by atoms with Crippen LogP contribution in [0.25, 0.3) is 0 Å². The third kappa shape index (κ3) is 2.03. The van der Waals surface area contributed by atoms with Gasteiger partial charge in [-0.15, -0.1) is 0 Å². The van der Waals surface area contributed by atoms with Gasteiger partial charge >= 0.3 is 0 Å². The van der Waals surface area contributed by atoms with Gasteiger partial charge in [0.25, 0.3) is 0 Å². The molecule has 4 aliphatic carbocycles. The maximum atomic E-state index is 6.33. The Morgan fingerprint density at radius 2 is 1.84 bits per heavy atom.